The summed E-state index contributed by atoms with van der Waals surface area (Å²) in [6, 6.07) is 20.6. The number of esters is 1. The monoisotopic (exact) mass is 509 g/mol. The lowest BCUT2D eigenvalue weighted by Gasteiger charge is -2.21. The molecule has 0 saturated carbocycles. The van der Waals surface area contributed by atoms with Gasteiger partial charge in [-0.05, 0) is 41.0 Å². The Morgan fingerprint density at radius 1 is 0.972 bits per heavy atom. The Hall–Kier alpha value is -3.65. The number of rotatable bonds is 13. The van der Waals surface area contributed by atoms with Gasteiger partial charge in [0.05, 0.1) is 0 Å². The van der Waals surface area contributed by atoms with Crippen molar-refractivity contribution in [3.8, 4) is 5.75 Å². The van der Waals surface area contributed by atoms with E-state index in [0.29, 0.717) is 5.75 Å². The van der Waals surface area contributed by atoms with E-state index in [1.165, 1.54) is 36.0 Å². The molecule has 0 aliphatic carbocycles. The van der Waals surface area contributed by atoms with Crippen molar-refractivity contribution in [2.45, 2.75) is 31.4 Å². The van der Waals surface area contributed by atoms with E-state index < -0.39 is 12.0 Å². The second kappa shape index (κ2) is 14.0. The maximum absolute atomic E-state index is 13.4. The smallest absolute Gasteiger partial charge is 0.329 e. The van der Waals surface area contributed by atoms with Crippen LogP contribution >= 0.6 is 11.8 Å². The first-order chi connectivity index (χ1) is 17.4. The predicted octanol–water partition coefficient (Wildman–Crippen LogP) is 4.41. The van der Waals surface area contributed by atoms with Gasteiger partial charge in [0.2, 0.25) is 5.91 Å². The highest BCUT2D eigenvalue weighted by Gasteiger charge is 2.25. The molecule has 0 heterocycles. The van der Waals surface area contributed by atoms with E-state index in [-0.39, 0.29) is 48.6 Å². The molecule has 188 valence electrons. The minimum absolute atomic E-state index is 0.0511. The largest absolute Gasteiger partial charge is 0.508 e. The van der Waals surface area contributed by atoms with Gasteiger partial charge in [-0.1, -0.05) is 54.6 Å². The minimum Gasteiger partial charge on any atom is -0.508 e. The zero-order valence-corrected chi connectivity index (χ0v) is 20.5. The van der Waals surface area contributed by atoms with Crippen molar-refractivity contribution in [2.75, 3.05) is 11.5 Å². The summed E-state index contributed by atoms with van der Waals surface area (Å²) in [6.07, 6.45) is 1.03. The van der Waals surface area contributed by atoms with Crippen LogP contribution in [0.15, 0.2) is 78.9 Å². The molecule has 2 atom stereocenters. The minimum atomic E-state index is -0.942. The number of phenolic OH excluding ortho intramolecular Hbond substituents is 1. The van der Waals surface area contributed by atoms with Gasteiger partial charge in [-0.2, -0.15) is 11.8 Å². The second-order valence-corrected chi connectivity index (χ2v) is 9.32. The van der Waals surface area contributed by atoms with Gasteiger partial charge in [-0.15, -0.1) is 0 Å². The van der Waals surface area contributed by atoms with Crippen LogP contribution in [0.2, 0.25) is 0 Å². The second-order valence-electron chi connectivity index (χ2n) is 8.24. The Bertz CT molecular complexity index is 1120. The summed E-state index contributed by atoms with van der Waals surface area (Å²) < 4.78 is 18.9. The summed E-state index contributed by atoms with van der Waals surface area (Å²) >= 11 is 1.38. The molecule has 0 aliphatic rings. The number of hydrogen-bond acceptors (Lipinski definition) is 6. The molecule has 0 spiro atoms. The SMILES string of the molecule is O=CCSCC(CC(=O)N[C@@H](Cc1ccc(O)cc1)C(=O)OCc1ccccc1)c1ccc(F)cc1. The van der Waals surface area contributed by atoms with Crippen LogP contribution in [0.4, 0.5) is 4.39 Å². The molecule has 2 N–H and O–H groups in total. The normalized spacial score (nSPS) is 12.4. The molecule has 0 bridgehead atoms. The lowest BCUT2D eigenvalue weighted by Crippen LogP contribution is -2.43. The zero-order chi connectivity index (χ0) is 25.8. The van der Waals surface area contributed by atoms with E-state index in [9.17, 15) is 23.9 Å². The Morgan fingerprint density at radius 3 is 2.33 bits per heavy atom. The van der Waals surface area contributed by atoms with Crippen molar-refractivity contribution >= 4 is 29.9 Å². The quantitative estimate of drug-likeness (QED) is 0.202. The topological polar surface area (TPSA) is 92.7 Å². The Morgan fingerprint density at radius 2 is 1.67 bits per heavy atom. The molecule has 36 heavy (non-hydrogen) atoms. The van der Waals surface area contributed by atoms with Crippen molar-refractivity contribution in [3.63, 3.8) is 0 Å². The third kappa shape index (κ3) is 8.85. The van der Waals surface area contributed by atoms with Crippen molar-refractivity contribution in [1.82, 2.24) is 5.32 Å². The van der Waals surface area contributed by atoms with E-state index >= 15 is 0 Å². The summed E-state index contributed by atoms with van der Waals surface area (Å²) in [5.41, 5.74) is 2.34. The van der Waals surface area contributed by atoms with E-state index in [4.69, 9.17) is 4.74 Å². The first-order valence-electron chi connectivity index (χ1n) is 11.5. The van der Waals surface area contributed by atoms with Gasteiger partial charge in [0.1, 0.15) is 30.5 Å². The van der Waals surface area contributed by atoms with Crippen LogP contribution in [-0.2, 0) is 32.1 Å². The predicted molar refractivity (Wildman–Crippen MR) is 137 cm³/mol. The number of carbonyl (C=O) groups is 3. The highest BCUT2D eigenvalue weighted by molar-refractivity contribution is 7.99. The van der Waals surface area contributed by atoms with Crippen molar-refractivity contribution in [2.24, 2.45) is 0 Å². The number of aldehydes is 1. The van der Waals surface area contributed by atoms with Gasteiger partial charge in [-0.3, -0.25) is 4.79 Å². The molecule has 0 saturated heterocycles. The molecule has 0 fully saturated rings. The summed E-state index contributed by atoms with van der Waals surface area (Å²) in [7, 11) is 0. The molecule has 3 aromatic carbocycles. The van der Waals surface area contributed by atoms with E-state index in [2.05, 4.69) is 5.32 Å². The Kier molecular flexibility index (Phi) is 10.5. The number of carbonyl (C=O) groups excluding carboxylic acids is 3. The van der Waals surface area contributed by atoms with E-state index in [1.54, 1.807) is 24.3 Å². The molecule has 8 heteroatoms. The van der Waals surface area contributed by atoms with E-state index in [1.807, 2.05) is 30.3 Å². The molecule has 6 nitrogen and oxygen atoms in total. The number of phenols is 1. The standard InChI is InChI=1S/C28H28FNO5S/c29-24-10-8-22(9-11-24)23(19-36-15-14-31)17-27(33)30-26(16-20-6-12-25(32)13-7-20)28(34)35-18-21-4-2-1-3-5-21/h1-14,23,26,32H,15-19H2,(H,30,33)/t23?,26-/m0/s1. The number of amides is 1. The maximum atomic E-state index is 13.4. The third-order valence-corrected chi connectivity index (χ3v) is 6.51. The van der Waals surface area contributed by atoms with Gasteiger partial charge in [-0.25, -0.2) is 9.18 Å². The molecular weight excluding hydrogens is 481 g/mol. The maximum Gasteiger partial charge on any atom is 0.329 e. The molecule has 3 aromatic rings. The number of aromatic hydroxyl groups is 1. The fraction of sp³-hybridized carbons (Fsp3) is 0.250. The highest BCUT2D eigenvalue weighted by atomic mass is 32.2. The van der Waals surface area contributed by atoms with Gasteiger partial charge in [0.25, 0.3) is 0 Å². The van der Waals surface area contributed by atoms with Crippen LogP contribution in [0.1, 0.15) is 29.0 Å². The lowest BCUT2D eigenvalue weighted by molar-refractivity contribution is -0.149. The summed E-state index contributed by atoms with van der Waals surface area (Å²) in [5.74, 6) is -0.720. The third-order valence-electron chi connectivity index (χ3n) is 5.50. The van der Waals surface area contributed by atoms with Crippen LogP contribution in [-0.4, -0.2) is 40.8 Å². The molecule has 1 unspecified atom stereocenters. The number of hydrogen-bond donors (Lipinski definition) is 2. The average molecular weight is 510 g/mol. The van der Waals surface area contributed by atoms with Crippen LogP contribution < -0.4 is 5.32 Å². The highest BCUT2D eigenvalue weighted by Crippen LogP contribution is 2.25. The first kappa shape index (κ1) is 26.9. The van der Waals surface area contributed by atoms with Gasteiger partial charge < -0.3 is 20.0 Å². The number of benzene rings is 3. The van der Waals surface area contributed by atoms with Crippen molar-refractivity contribution in [3.05, 3.63) is 101 Å². The Labute approximate surface area is 213 Å². The first-order valence-corrected chi connectivity index (χ1v) is 12.6. The molecule has 0 aromatic heterocycles. The van der Waals surface area contributed by atoms with Gasteiger partial charge in [0.15, 0.2) is 0 Å². The molecule has 0 aliphatic heterocycles. The molecule has 1 amide bonds. The number of thioether (sulfide) groups is 1. The molecule has 3 rings (SSSR count). The fourth-order valence-corrected chi connectivity index (χ4v) is 4.46. The lowest BCUT2D eigenvalue weighted by atomic mass is 9.96. The zero-order valence-electron chi connectivity index (χ0n) is 19.6. The van der Waals surface area contributed by atoms with Crippen LogP contribution in [0.5, 0.6) is 5.75 Å². The van der Waals surface area contributed by atoms with Crippen LogP contribution in [0.25, 0.3) is 0 Å². The summed E-state index contributed by atoms with van der Waals surface area (Å²) in [4.78, 5) is 36.8. The molecule has 0 radical (unpaired) electrons. The van der Waals surface area contributed by atoms with Crippen molar-refractivity contribution in [1.29, 1.82) is 0 Å². The fourth-order valence-electron chi connectivity index (χ4n) is 3.63. The van der Waals surface area contributed by atoms with Gasteiger partial charge in [0, 0.05) is 30.3 Å². The Balaban J connectivity index is 1.71. The van der Waals surface area contributed by atoms with Crippen LogP contribution in [0.3, 0.4) is 0 Å². The molecular formula is C28H28FNO5S. The van der Waals surface area contributed by atoms with Crippen molar-refractivity contribution < 1.29 is 28.6 Å². The number of ether oxygens (including phenoxy) is 1. The van der Waals surface area contributed by atoms with Crippen LogP contribution in [0, 0.1) is 5.82 Å². The number of nitrogens with one attached hydrogen (secondary N) is 1. The summed E-state index contributed by atoms with van der Waals surface area (Å²) in [5, 5.41) is 12.3. The van der Waals surface area contributed by atoms with Gasteiger partial charge >= 0.3 is 5.97 Å². The average Bonchev–Trinajstić information content (AvgIpc) is 2.89. The summed E-state index contributed by atoms with van der Waals surface area (Å²) in [6.45, 7) is 0.0716. The number of halogens is 1. The van der Waals surface area contributed by atoms with E-state index in [0.717, 1.165) is 23.0 Å².